The summed E-state index contributed by atoms with van der Waals surface area (Å²) in [5.74, 6) is 0.0971. The summed E-state index contributed by atoms with van der Waals surface area (Å²) in [7, 11) is 0. The second-order valence-corrected chi connectivity index (χ2v) is 5.60. The summed E-state index contributed by atoms with van der Waals surface area (Å²) in [6.07, 6.45) is 0.492. The van der Waals surface area contributed by atoms with E-state index < -0.39 is 0 Å². The zero-order valence-electron chi connectivity index (χ0n) is 7.65. The number of hydrogen-bond acceptors (Lipinski definition) is 3. The van der Waals surface area contributed by atoms with Crippen LogP contribution < -0.4 is 4.90 Å². The molecule has 0 bridgehead atoms. The van der Waals surface area contributed by atoms with E-state index in [1.54, 1.807) is 4.90 Å². The lowest BCUT2D eigenvalue weighted by molar-refractivity contribution is -0.117. The highest BCUT2D eigenvalue weighted by atomic mass is 79.9. The summed E-state index contributed by atoms with van der Waals surface area (Å²) >= 11 is 10.9. The van der Waals surface area contributed by atoms with Gasteiger partial charge in [0.05, 0.1) is 5.69 Å². The predicted molar refractivity (Wildman–Crippen MR) is 69.4 cm³/mol. The molecule has 1 aliphatic rings. The summed E-state index contributed by atoms with van der Waals surface area (Å²) in [4.78, 5) is 17.5. The fourth-order valence-electron chi connectivity index (χ4n) is 1.53. The number of thiol groups is 1. The first-order valence-electron chi connectivity index (χ1n) is 4.38. The number of aromatic nitrogens is 1. The van der Waals surface area contributed by atoms with Crippen molar-refractivity contribution >= 4 is 56.1 Å². The van der Waals surface area contributed by atoms with Crippen molar-refractivity contribution in [1.29, 1.82) is 0 Å². The lowest BCUT2D eigenvalue weighted by Crippen LogP contribution is -2.25. The molecule has 3 nitrogen and oxygen atoms in total. The van der Waals surface area contributed by atoms with Crippen molar-refractivity contribution in [3.63, 3.8) is 0 Å². The minimum Gasteiger partial charge on any atom is -0.309 e. The maximum absolute atomic E-state index is 11.6. The van der Waals surface area contributed by atoms with Crippen LogP contribution in [0.2, 0.25) is 0 Å². The summed E-state index contributed by atoms with van der Waals surface area (Å²) in [5, 5.41) is 0.119. The van der Waals surface area contributed by atoms with Crippen LogP contribution >= 0.6 is 44.5 Å². The van der Waals surface area contributed by atoms with Gasteiger partial charge in [-0.2, -0.15) is 12.6 Å². The molecule has 1 amide bonds. The molecule has 1 fully saturated rings. The van der Waals surface area contributed by atoms with E-state index in [1.165, 1.54) is 0 Å². The molecule has 1 aliphatic heterocycles. The van der Waals surface area contributed by atoms with Gasteiger partial charge in [0.2, 0.25) is 5.91 Å². The first-order chi connectivity index (χ1) is 7.08. The van der Waals surface area contributed by atoms with Crippen LogP contribution in [-0.2, 0) is 4.79 Å². The van der Waals surface area contributed by atoms with Gasteiger partial charge in [-0.25, -0.2) is 4.98 Å². The van der Waals surface area contributed by atoms with Crippen LogP contribution in [0.25, 0.3) is 0 Å². The Hall–Kier alpha value is -0.0700. The van der Waals surface area contributed by atoms with Crippen LogP contribution in [0.3, 0.4) is 0 Å². The van der Waals surface area contributed by atoms with E-state index in [4.69, 9.17) is 0 Å². The maximum atomic E-state index is 11.6. The molecule has 1 aromatic rings. The average Bonchev–Trinajstić information content (AvgIpc) is 2.45. The average molecular weight is 352 g/mol. The van der Waals surface area contributed by atoms with Gasteiger partial charge in [0, 0.05) is 18.2 Å². The minimum atomic E-state index is 0.0971. The summed E-state index contributed by atoms with van der Waals surface area (Å²) in [6.45, 7) is 0.643. The van der Waals surface area contributed by atoms with E-state index in [2.05, 4.69) is 49.5 Å². The van der Waals surface area contributed by atoms with Crippen molar-refractivity contribution < 1.29 is 4.79 Å². The zero-order valence-corrected chi connectivity index (χ0v) is 11.7. The highest BCUT2D eigenvalue weighted by Crippen LogP contribution is 2.30. The van der Waals surface area contributed by atoms with Crippen LogP contribution in [0, 0.1) is 0 Å². The molecule has 2 heterocycles. The number of rotatable bonds is 1. The second-order valence-electron chi connectivity index (χ2n) is 3.31. The third-order valence-corrected chi connectivity index (χ3v) is 3.56. The molecule has 0 N–H and O–H groups in total. The van der Waals surface area contributed by atoms with Crippen LogP contribution in [-0.4, -0.2) is 22.7 Å². The summed E-state index contributed by atoms with van der Waals surface area (Å²) in [5.41, 5.74) is 0.805. The van der Waals surface area contributed by atoms with Gasteiger partial charge in [-0.05, 0) is 44.0 Å². The fraction of sp³-hybridized carbons (Fsp3) is 0.333. The molecule has 1 unspecified atom stereocenters. The Morgan fingerprint density at radius 1 is 1.47 bits per heavy atom. The number of amides is 1. The maximum Gasteiger partial charge on any atom is 0.228 e. The SMILES string of the molecule is O=C1CC(S)CN1c1ccc(Br)nc1Br. The van der Waals surface area contributed by atoms with Gasteiger partial charge in [-0.15, -0.1) is 0 Å². The highest BCUT2D eigenvalue weighted by molar-refractivity contribution is 9.11. The van der Waals surface area contributed by atoms with Crippen molar-refractivity contribution in [2.24, 2.45) is 0 Å². The number of carbonyl (C=O) groups excluding carboxylic acids is 1. The lowest BCUT2D eigenvalue weighted by atomic mass is 10.4. The van der Waals surface area contributed by atoms with Gasteiger partial charge in [-0.1, -0.05) is 0 Å². The van der Waals surface area contributed by atoms with Gasteiger partial charge in [0.1, 0.15) is 9.21 Å². The van der Waals surface area contributed by atoms with E-state index in [0.29, 0.717) is 17.6 Å². The molecule has 0 saturated carbocycles. The molecule has 0 aromatic carbocycles. The number of pyridine rings is 1. The Morgan fingerprint density at radius 3 is 2.73 bits per heavy atom. The molecule has 1 saturated heterocycles. The first-order valence-corrected chi connectivity index (χ1v) is 6.48. The van der Waals surface area contributed by atoms with Crippen LogP contribution in [0.15, 0.2) is 21.3 Å². The van der Waals surface area contributed by atoms with Crippen molar-refractivity contribution in [2.75, 3.05) is 11.4 Å². The van der Waals surface area contributed by atoms with Crippen LogP contribution in [0.1, 0.15) is 6.42 Å². The zero-order chi connectivity index (χ0) is 11.0. The molecule has 1 aromatic heterocycles. The number of anilines is 1. The monoisotopic (exact) mass is 350 g/mol. The predicted octanol–water partition coefficient (Wildman–Crippen LogP) is 2.64. The molecule has 0 spiro atoms. The van der Waals surface area contributed by atoms with Gasteiger partial charge in [0.25, 0.3) is 0 Å². The highest BCUT2D eigenvalue weighted by Gasteiger charge is 2.29. The lowest BCUT2D eigenvalue weighted by Gasteiger charge is -2.16. The molecule has 80 valence electrons. The third kappa shape index (κ3) is 2.37. The Balaban J connectivity index is 2.34. The second kappa shape index (κ2) is 4.43. The molecular formula is C9H8Br2N2OS. The standard InChI is InChI=1S/C9H8Br2N2OS/c10-7-2-1-6(9(11)12-7)13-4-5(15)3-8(13)14/h1-2,5,15H,3-4H2. The Kier molecular flexibility index (Phi) is 3.37. The quantitative estimate of drug-likeness (QED) is 0.623. The number of nitrogens with zero attached hydrogens (tertiary/aromatic N) is 2. The van der Waals surface area contributed by atoms with E-state index in [0.717, 1.165) is 10.3 Å². The van der Waals surface area contributed by atoms with Crippen molar-refractivity contribution in [2.45, 2.75) is 11.7 Å². The number of halogens is 2. The van der Waals surface area contributed by atoms with E-state index in [-0.39, 0.29) is 11.2 Å². The molecule has 1 atom stereocenters. The van der Waals surface area contributed by atoms with E-state index in [9.17, 15) is 4.79 Å². The van der Waals surface area contributed by atoms with Crippen molar-refractivity contribution in [3.05, 3.63) is 21.3 Å². The number of carbonyl (C=O) groups is 1. The van der Waals surface area contributed by atoms with Crippen LogP contribution in [0.4, 0.5) is 5.69 Å². The summed E-state index contributed by atoms with van der Waals surface area (Å²) < 4.78 is 1.42. The minimum absolute atomic E-state index is 0.0971. The smallest absolute Gasteiger partial charge is 0.228 e. The van der Waals surface area contributed by atoms with Gasteiger partial charge in [-0.3, -0.25) is 4.79 Å². The normalized spacial score (nSPS) is 21.1. The topological polar surface area (TPSA) is 33.2 Å². The van der Waals surface area contributed by atoms with Crippen molar-refractivity contribution in [3.8, 4) is 0 Å². The molecule has 15 heavy (non-hydrogen) atoms. The fourth-order valence-corrected chi connectivity index (χ4v) is 2.93. The molecular weight excluding hydrogens is 344 g/mol. The van der Waals surface area contributed by atoms with Gasteiger partial charge < -0.3 is 4.90 Å². The molecule has 6 heteroatoms. The van der Waals surface area contributed by atoms with E-state index in [1.807, 2.05) is 12.1 Å². The van der Waals surface area contributed by atoms with Crippen molar-refractivity contribution in [1.82, 2.24) is 4.98 Å². The number of hydrogen-bond donors (Lipinski definition) is 1. The Labute approximate surface area is 110 Å². The summed E-state index contributed by atoms with van der Waals surface area (Å²) in [6, 6.07) is 3.68. The van der Waals surface area contributed by atoms with E-state index >= 15 is 0 Å². The Morgan fingerprint density at radius 2 is 2.20 bits per heavy atom. The molecule has 2 rings (SSSR count). The van der Waals surface area contributed by atoms with Gasteiger partial charge in [0.15, 0.2) is 0 Å². The Bertz CT molecular complexity index is 413. The largest absolute Gasteiger partial charge is 0.309 e. The van der Waals surface area contributed by atoms with Gasteiger partial charge >= 0.3 is 0 Å². The first kappa shape index (κ1) is 11.4. The third-order valence-electron chi connectivity index (χ3n) is 2.19. The molecule has 0 radical (unpaired) electrons. The molecule has 0 aliphatic carbocycles. The van der Waals surface area contributed by atoms with Crippen LogP contribution in [0.5, 0.6) is 0 Å².